The van der Waals surface area contributed by atoms with E-state index in [1.165, 1.54) is 5.56 Å². The molecule has 18 heavy (non-hydrogen) atoms. The summed E-state index contributed by atoms with van der Waals surface area (Å²) in [6.07, 6.45) is 2.03. The van der Waals surface area contributed by atoms with Gasteiger partial charge in [-0.1, -0.05) is 40.7 Å². The van der Waals surface area contributed by atoms with Crippen LogP contribution in [0.4, 0.5) is 0 Å². The Hall–Kier alpha value is -0.890. The molecule has 1 N–H and O–H groups in total. The van der Waals surface area contributed by atoms with Gasteiger partial charge in [0.1, 0.15) is 0 Å². The monoisotopic (exact) mass is 246 g/mol. The van der Waals surface area contributed by atoms with Gasteiger partial charge < -0.3 is 5.32 Å². The second-order valence-electron chi connectivity index (χ2n) is 6.69. The lowest BCUT2D eigenvalue weighted by Crippen LogP contribution is -2.25. The second kappa shape index (κ2) is 4.34. The SMILES string of the molecule is CCNC(c1ccc(C)nc1)C1C(C)(C)C1(C)C. The van der Waals surface area contributed by atoms with E-state index in [9.17, 15) is 0 Å². The van der Waals surface area contributed by atoms with Gasteiger partial charge >= 0.3 is 0 Å². The number of nitrogens with zero attached hydrogens (tertiary/aromatic N) is 1. The van der Waals surface area contributed by atoms with Crippen LogP contribution in [0.3, 0.4) is 0 Å². The molecule has 1 heterocycles. The van der Waals surface area contributed by atoms with Crippen LogP contribution >= 0.6 is 0 Å². The van der Waals surface area contributed by atoms with E-state index in [0.29, 0.717) is 22.8 Å². The molecular formula is C16H26N2. The maximum Gasteiger partial charge on any atom is 0.0374 e. The minimum absolute atomic E-state index is 0.394. The molecule has 1 aliphatic rings. The van der Waals surface area contributed by atoms with Gasteiger partial charge in [0.2, 0.25) is 0 Å². The smallest absolute Gasteiger partial charge is 0.0374 e. The Morgan fingerprint density at radius 3 is 2.22 bits per heavy atom. The zero-order chi connectivity index (χ0) is 13.6. The summed E-state index contributed by atoms with van der Waals surface area (Å²) in [6.45, 7) is 14.7. The zero-order valence-corrected chi connectivity index (χ0v) is 12.5. The van der Waals surface area contributed by atoms with Crippen molar-refractivity contribution in [1.82, 2.24) is 10.3 Å². The summed E-state index contributed by atoms with van der Waals surface area (Å²) in [7, 11) is 0. The van der Waals surface area contributed by atoms with Crippen molar-refractivity contribution in [3.05, 3.63) is 29.6 Å². The summed E-state index contributed by atoms with van der Waals surface area (Å²) in [5, 5.41) is 3.65. The molecule has 0 spiro atoms. The maximum atomic E-state index is 4.45. The van der Waals surface area contributed by atoms with E-state index in [1.54, 1.807) is 0 Å². The summed E-state index contributed by atoms with van der Waals surface area (Å²) in [6, 6.07) is 4.76. The third kappa shape index (κ3) is 1.97. The van der Waals surface area contributed by atoms with Crippen LogP contribution in [0.25, 0.3) is 0 Å². The average molecular weight is 246 g/mol. The molecule has 100 valence electrons. The summed E-state index contributed by atoms with van der Waals surface area (Å²) < 4.78 is 0. The largest absolute Gasteiger partial charge is 0.310 e. The first-order chi connectivity index (χ1) is 8.32. The van der Waals surface area contributed by atoms with E-state index < -0.39 is 0 Å². The molecule has 1 aromatic rings. The highest BCUT2D eigenvalue weighted by atomic mass is 15.0. The summed E-state index contributed by atoms with van der Waals surface area (Å²) in [5.74, 6) is 0.675. The predicted molar refractivity (Wildman–Crippen MR) is 76.4 cm³/mol. The fourth-order valence-corrected chi connectivity index (χ4v) is 3.39. The Balaban J connectivity index is 2.28. The van der Waals surface area contributed by atoms with Crippen LogP contribution in [0.2, 0.25) is 0 Å². The van der Waals surface area contributed by atoms with Crippen molar-refractivity contribution in [3.63, 3.8) is 0 Å². The predicted octanol–water partition coefficient (Wildman–Crippen LogP) is 3.72. The molecular weight excluding hydrogens is 220 g/mol. The number of aromatic nitrogens is 1. The molecule has 0 aromatic carbocycles. The summed E-state index contributed by atoms with van der Waals surface area (Å²) in [5.41, 5.74) is 3.20. The van der Waals surface area contributed by atoms with E-state index >= 15 is 0 Å². The lowest BCUT2D eigenvalue weighted by atomic mass is 9.97. The molecule has 1 saturated carbocycles. The van der Waals surface area contributed by atoms with Gasteiger partial charge in [-0.2, -0.15) is 0 Å². The number of nitrogens with one attached hydrogen (secondary N) is 1. The van der Waals surface area contributed by atoms with E-state index in [2.05, 4.69) is 57.1 Å². The zero-order valence-electron chi connectivity index (χ0n) is 12.5. The van der Waals surface area contributed by atoms with Crippen LogP contribution in [0, 0.1) is 23.7 Å². The van der Waals surface area contributed by atoms with Crippen molar-refractivity contribution >= 4 is 0 Å². The van der Waals surface area contributed by atoms with Gasteiger partial charge in [0.25, 0.3) is 0 Å². The summed E-state index contributed by atoms with van der Waals surface area (Å²) >= 11 is 0. The Kier molecular flexibility index (Phi) is 3.26. The molecule has 2 rings (SSSR count). The summed E-state index contributed by atoms with van der Waals surface area (Å²) in [4.78, 5) is 4.45. The van der Waals surface area contributed by atoms with Gasteiger partial charge in [0.05, 0.1) is 0 Å². The lowest BCUT2D eigenvalue weighted by Gasteiger charge is -2.20. The molecule has 0 amide bonds. The maximum absolute atomic E-state index is 4.45. The molecule has 1 aromatic heterocycles. The van der Waals surface area contributed by atoms with Crippen molar-refractivity contribution < 1.29 is 0 Å². The van der Waals surface area contributed by atoms with Crippen molar-refractivity contribution in [2.45, 2.75) is 47.6 Å². The van der Waals surface area contributed by atoms with E-state index in [-0.39, 0.29) is 0 Å². The first kappa shape index (κ1) is 13.5. The Bertz CT molecular complexity index is 403. The number of pyridine rings is 1. The molecule has 1 unspecified atom stereocenters. The van der Waals surface area contributed by atoms with E-state index in [0.717, 1.165) is 12.2 Å². The Morgan fingerprint density at radius 1 is 1.22 bits per heavy atom. The Morgan fingerprint density at radius 2 is 1.83 bits per heavy atom. The van der Waals surface area contributed by atoms with Gasteiger partial charge in [-0.25, -0.2) is 0 Å². The minimum Gasteiger partial charge on any atom is -0.310 e. The number of aryl methyl sites for hydroxylation is 1. The fourth-order valence-electron chi connectivity index (χ4n) is 3.39. The van der Waals surface area contributed by atoms with Crippen LogP contribution in [0.1, 0.15) is 51.9 Å². The molecule has 0 radical (unpaired) electrons. The number of hydrogen-bond donors (Lipinski definition) is 1. The van der Waals surface area contributed by atoms with Crippen LogP contribution in [0.15, 0.2) is 18.3 Å². The van der Waals surface area contributed by atoms with E-state index in [4.69, 9.17) is 0 Å². The van der Waals surface area contributed by atoms with Gasteiger partial charge in [-0.15, -0.1) is 0 Å². The number of rotatable bonds is 4. The standard InChI is InChI=1S/C16H26N2/c1-7-17-13(12-9-8-11(2)18-10-12)14-15(3,4)16(14,5)6/h8-10,13-14,17H,7H2,1-6H3. The van der Waals surface area contributed by atoms with Gasteiger partial charge in [-0.05, 0) is 41.8 Å². The highest BCUT2D eigenvalue weighted by Crippen LogP contribution is 2.72. The van der Waals surface area contributed by atoms with Crippen molar-refractivity contribution in [2.24, 2.45) is 16.7 Å². The average Bonchev–Trinajstić information content (AvgIpc) is 2.68. The lowest BCUT2D eigenvalue weighted by molar-refractivity contribution is 0.417. The third-order valence-electron chi connectivity index (χ3n) is 5.18. The molecule has 1 atom stereocenters. The number of hydrogen-bond acceptors (Lipinski definition) is 2. The quantitative estimate of drug-likeness (QED) is 0.875. The van der Waals surface area contributed by atoms with Gasteiger partial charge in [-0.3, -0.25) is 4.98 Å². The molecule has 0 saturated heterocycles. The Labute approximate surface area is 111 Å². The molecule has 2 nitrogen and oxygen atoms in total. The second-order valence-corrected chi connectivity index (χ2v) is 6.69. The van der Waals surface area contributed by atoms with Crippen LogP contribution in [-0.2, 0) is 0 Å². The van der Waals surface area contributed by atoms with Crippen molar-refractivity contribution in [1.29, 1.82) is 0 Å². The minimum atomic E-state index is 0.394. The third-order valence-corrected chi connectivity index (χ3v) is 5.18. The van der Waals surface area contributed by atoms with Crippen molar-refractivity contribution in [3.8, 4) is 0 Å². The van der Waals surface area contributed by atoms with Gasteiger partial charge in [0.15, 0.2) is 0 Å². The van der Waals surface area contributed by atoms with Gasteiger partial charge in [0, 0.05) is 17.9 Å². The fraction of sp³-hybridized carbons (Fsp3) is 0.688. The molecule has 0 aliphatic heterocycles. The molecule has 0 bridgehead atoms. The normalized spacial score (nSPS) is 22.8. The first-order valence-electron chi connectivity index (χ1n) is 6.98. The van der Waals surface area contributed by atoms with Crippen LogP contribution in [-0.4, -0.2) is 11.5 Å². The molecule has 1 fully saturated rings. The molecule has 1 aliphatic carbocycles. The van der Waals surface area contributed by atoms with E-state index in [1.807, 2.05) is 13.1 Å². The van der Waals surface area contributed by atoms with Crippen LogP contribution in [0.5, 0.6) is 0 Å². The highest BCUT2D eigenvalue weighted by Gasteiger charge is 2.67. The molecule has 2 heteroatoms. The topological polar surface area (TPSA) is 24.9 Å². The van der Waals surface area contributed by atoms with Crippen LogP contribution < -0.4 is 5.32 Å². The van der Waals surface area contributed by atoms with Crippen molar-refractivity contribution in [2.75, 3.05) is 6.54 Å². The highest BCUT2D eigenvalue weighted by molar-refractivity contribution is 5.26. The first-order valence-corrected chi connectivity index (χ1v) is 6.98.